The minimum absolute atomic E-state index is 0.386. The lowest BCUT2D eigenvalue weighted by Crippen LogP contribution is -2.43. The number of sulfonamides is 1. The molecule has 1 saturated carbocycles. The van der Waals surface area contributed by atoms with Crippen molar-refractivity contribution in [2.75, 3.05) is 26.2 Å². The summed E-state index contributed by atoms with van der Waals surface area (Å²) in [5.41, 5.74) is 0. The Morgan fingerprint density at radius 3 is 2.41 bits per heavy atom. The molecule has 0 atom stereocenters. The quantitative estimate of drug-likeness (QED) is 0.576. The summed E-state index contributed by atoms with van der Waals surface area (Å²) in [6, 6.07) is 9.26. The van der Waals surface area contributed by atoms with E-state index in [1.807, 2.05) is 6.07 Å². The van der Waals surface area contributed by atoms with E-state index < -0.39 is 10.0 Å². The third-order valence-electron chi connectivity index (χ3n) is 5.50. The van der Waals surface area contributed by atoms with Gasteiger partial charge in [-0.2, -0.15) is 4.31 Å². The van der Waals surface area contributed by atoms with Crippen LogP contribution in [0.1, 0.15) is 45.4 Å². The molecule has 7 heteroatoms. The highest BCUT2D eigenvalue weighted by Gasteiger charge is 2.29. The van der Waals surface area contributed by atoms with Crippen LogP contribution in [-0.4, -0.2) is 50.9 Å². The molecule has 2 N–H and O–H groups in total. The van der Waals surface area contributed by atoms with Crippen molar-refractivity contribution in [1.82, 2.24) is 14.9 Å². The van der Waals surface area contributed by atoms with Gasteiger partial charge in [-0.1, -0.05) is 31.0 Å². The van der Waals surface area contributed by atoms with Gasteiger partial charge >= 0.3 is 0 Å². The zero-order valence-electron chi connectivity index (χ0n) is 16.2. The maximum Gasteiger partial charge on any atom is 0.243 e. The van der Waals surface area contributed by atoms with Crippen LogP contribution >= 0.6 is 0 Å². The highest BCUT2D eigenvalue weighted by Crippen LogP contribution is 2.24. The summed E-state index contributed by atoms with van der Waals surface area (Å²) in [6.45, 7) is 4.83. The standard InChI is InChI=1S/C20H32N4O2S/c1-2-21-20(23-18-8-6-7-9-18)22-16-17-12-14-24(15-13-17)27(25,26)19-10-4-3-5-11-19/h3-5,10-11,17-18H,2,6-9,12-16H2,1H3,(H2,21,22,23). The van der Waals surface area contributed by atoms with Gasteiger partial charge in [0.1, 0.15) is 0 Å². The molecule has 0 radical (unpaired) electrons. The van der Waals surface area contributed by atoms with Gasteiger partial charge in [0.15, 0.2) is 5.96 Å². The Bertz CT molecular complexity index is 707. The lowest BCUT2D eigenvalue weighted by atomic mass is 9.98. The highest BCUT2D eigenvalue weighted by atomic mass is 32.2. The van der Waals surface area contributed by atoms with E-state index in [4.69, 9.17) is 4.99 Å². The van der Waals surface area contributed by atoms with E-state index in [1.54, 1.807) is 28.6 Å². The normalized spacial score (nSPS) is 20.7. The molecule has 0 spiro atoms. The maximum absolute atomic E-state index is 12.7. The third-order valence-corrected chi connectivity index (χ3v) is 7.42. The predicted molar refractivity (Wildman–Crippen MR) is 109 cm³/mol. The van der Waals surface area contributed by atoms with Gasteiger partial charge in [0.05, 0.1) is 4.90 Å². The fraction of sp³-hybridized carbons (Fsp3) is 0.650. The second-order valence-electron chi connectivity index (χ2n) is 7.51. The zero-order valence-corrected chi connectivity index (χ0v) is 17.0. The molecule has 2 fully saturated rings. The molecule has 1 aromatic rings. The van der Waals surface area contributed by atoms with E-state index in [2.05, 4.69) is 17.6 Å². The first-order chi connectivity index (χ1) is 13.1. The van der Waals surface area contributed by atoms with Crippen LogP contribution in [0.5, 0.6) is 0 Å². The number of rotatable bonds is 6. The molecule has 1 aliphatic heterocycles. The van der Waals surface area contributed by atoms with Crippen LogP contribution in [0, 0.1) is 5.92 Å². The second kappa shape index (κ2) is 9.55. The number of aliphatic imine (C=N–C) groups is 1. The van der Waals surface area contributed by atoms with Crippen molar-refractivity contribution < 1.29 is 8.42 Å². The van der Waals surface area contributed by atoms with Gasteiger partial charge in [-0.05, 0) is 50.7 Å². The van der Waals surface area contributed by atoms with E-state index in [0.29, 0.717) is 29.9 Å². The molecule has 27 heavy (non-hydrogen) atoms. The Morgan fingerprint density at radius 1 is 1.11 bits per heavy atom. The second-order valence-corrected chi connectivity index (χ2v) is 9.44. The average Bonchev–Trinajstić information content (AvgIpc) is 3.20. The van der Waals surface area contributed by atoms with Crippen LogP contribution in [0.4, 0.5) is 0 Å². The third kappa shape index (κ3) is 5.45. The molecular weight excluding hydrogens is 360 g/mol. The number of hydrogen-bond acceptors (Lipinski definition) is 3. The zero-order chi connectivity index (χ0) is 19.1. The molecular formula is C20H32N4O2S. The fourth-order valence-electron chi connectivity index (χ4n) is 3.88. The van der Waals surface area contributed by atoms with Crippen LogP contribution in [0.2, 0.25) is 0 Å². The van der Waals surface area contributed by atoms with Crippen molar-refractivity contribution in [3.8, 4) is 0 Å². The number of hydrogen-bond donors (Lipinski definition) is 2. The van der Waals surface area contributed by atoms with Crippen molar-refractivity contribution in [3.63, 3.8) is 0 Å². The van der Waals surface area contributed by atoms with Crippen LogP contribution in [-0.2, 0) is 10.0 Å². The highest BCUT2D eigenvalue weighted by molar-refractivity contribution is 7.89. The van der Waals surface area contributed by atoms with E-state index in [0.717, 1.165) is 31.9 Å². The molecule has 0 bridgehead atoms. The molecule has 1 aliphatic carbocycles. The SMILES string of the molecule is CCNC(=NCC1CCN(S(=O)(=O)c2ccccc2)CC1)NC1CCCC1. The van der Waals surface area contributed by atoms with Gasteiger partial charge in [-0.15, -0.1) is 0 Å². The molecule has 3 rings (SSSR count). The molecule has 1 saturated heterocycles. The minimum Gasteiger partial charge on any atom is -0.357 e. The lowest BCUT2D eigenvalue weighted by molar-refractivity contribution is 0.278. The number of nitrogens with zero attached hydrogens (tertiary/aromatic N) is 2. The van der Waals surface area contributed by atoms with Crippen molar-refractivity contribution in [1.29, 1.82) is 0 Å². The summed E-state index contributed by atoms with van der Waals surface area (Å²) in [5.74, 6) is 1.34. The molecule has 0 amide bonds. The molecule has 0 unspecified atom stereocenters. The molecule has 1 aromatic carbocycles. The van der Waals surface area contributed by atoms with Crippen molar-refractivity contribution in [2.24, 2.45) is 10.9 Å². The minimum atomic E-state index is -3.37. The largest absolute Gasteiger partial charge is 0.357 e. The summed E-state index contributed by atoms with van der Waals surface area (Å²) in [4.78, 5) is 5.16. The smallest absolute Gasteiger partial charge is 0.243 e. The summed E-state index contributed by atoms with van der Waals surface area (Å²) < 4.78 is 27.0. The Morgan fingerprint density at radius 2 is 1.78 bits per heavy atom. The van der Waals surface area contributed by atoms with Gasteiger partial charge in [0.2, 0.25) is 10.0 Å². The molecule has 0 aromatic heterocycles. The number of benzene rings is 1. The average molecular weight is 393 g/mol. The van der Waals surface area contributed by atoms with Crippen molar-refractivity contribution in [3.05, 3.63) is 30.3 Å². The summed E-state index contributed by atoms with van der Waals surface area (Å²) in [6.07, 6.45) is 6.76. The predicted octanol–water partition coefficient (Wildman–Crippen LogP) is 2.58. The molecule has 2 aliphatic rings. The Hall–Kier alpha value is -1.60. The van der Waals surface area contributed by atoms with Gasteiger partial charge < -0.3 is 10.6 Å². The topological polar surface area (TPSA) is 73.8 Å². The lowest BCUT2D eigenvalue weighted by Gasteiger charge is -2.30. The summed E-state index contributed by atoms with van der Waals surface area (Å²) >= 11 is 0. The molecule has 150 valence electrons. The van der Waals surface area contributed by atoms with Gasteiger partial charge in [0, 0.05) is 32.2 Å². The summed E-state index contributed by atoms with van der Waals surface area (Å²) in [5, 5.41) is 6.88. The van der Waals surface area contributed by atoms with Crippen molar-refractivity contribution in [2.45, 2.75) is 56.4 Å². The van der Waals surface area contributed by atoms with E-state index in [9.17, 15) is 8.42 Å². The fourth-order valence-corrected chi connectivity index (χ4v) is 5.37. The van der Waals surface area contributed by atoms with E-state index >= 15 is 0 Å². The van der Waals surface area contributed by atoms with Gasteiger partial charge in [-0.25, -0.2) is 8.42 Å². The Balaban J connectivity index is 1.52. The first-order valence-corrected chi connectivity index (χ1v) is 11.6. The van der Waals surface area contributed by atoms with Crippen LogP contribution < -0.4 is 10.6 Å². The maximum atomic E-state index is 12.7. The monoisotopic (exact) mass is 392 g/mol. The Kier molecular flexibility index (Phi) is 7.13. The first kappa shape index (κ1) is 20.1. The number of nitrogens with one attached hydrogen (secondary N) is 2. The molecule has 6 nitrogen and oxygen atoms in total. The van der Waals surface area contributed by atoms with E-state index in [-0.39, 0.29) is 0 Å². The Labute approximate surface area is 163 Å². The van der Waals surface area contributed by atoms with E-state index in [1.165, 1.54) is 25.7 Å². The molecule has 1 heterocycles. The van der Waals surface area contributed by atoms with Crippen LogP contribution in [0.25, 0.3) is 0 Å². The van der Waals surface area contributed by atoms with Gasteiger partial charge in [-0.3, -0.25) is 4.99 Å². The summed E-state index contributed by atoms with van der Waals surface area (Å²) in [7, 11) is -3.37. The van der Waals surface area contributed by atoms with Crippen molar-refractivity contribution >= 4 is 16.0 Å². The first-order valence-electron chi connectivity index (χ1n) is 10.2. The van der Waals surface area contributed by atoms with Crippen LogP contribution in [0.3, 0.4) is 0 Å². The van der Waals surface area contributed by atoms with Crippen LogP contribution in [0.15, 0.2) is 40.2 Å². The van der Waals surface area contributed by atoms with Gasteiger partial charge in [0.25, 0.3) is 0 Å². The number of guanidine groups is 1. The number of piperidine rings is 1.